The van der Waals surface area contributed by atoms with Crippen molar-refractivity contribution in [1.29, 1.82) is 0 Å². The molecule has 4 N–H and O–H groups in total. The van der Waals surface area contributed by atoms with Gasteiger partial charge in [0.25, 0.3) is 0 Å². The van der Waals surface area contributed by atoms with E-state index in [1.54, 1.807) is 43.3 Å². The maximum absolute atomic E-state index is 13.5. The molecule has 2 aliphatic rings. The Balaban J connectivity index is 1.75. The number of hydrogen-bond donors (Lipinski definition) is 4. The van der Waals surface area contributed by atoms with Crippen molar-refractivity contribution in [3.63, 3.8) is 0 Å². The van der Waals surface area contributed by atoms with Gasteiger partial charge >= 0.3 is 0 Å². The average Bonchev–Trinajstić information content (AvgIpc) is 3.28. The Kier molecular flexibility index (Phi) is 5.55. The molecule has 31 heavy (non-hydrogen) atoms. The number of amides is 2. The van der Waals surface area contributed by atoms with Gasteiger partial charge in [-0.1, -0.05) is 11.6 Å². The summed E-state index contributed by atoms with van der Waals surface area (Å²) in [6.45, 7) is 1.63. The number of nitrogens with one attached hydrogen (secondary N) is 3. The Bertz CT molecular complexity index is 1040. The lowest BCUT2D eigenvalue weighted by Crippen LogP contribution is -2.53. The summed E-state index contributed by atoms with van der Waals surface area (Å²) in [6, 6.07) is 9.67. The molecule has 4 rings (SSSR count). The highest BCUT2D eigenvalue weighted by Crippen LogP contribution is 2.48. The number of aliphatic hydroxyl groups is 1. The number of carbonyl (C=O) groups is 2. The fourth-order valence-electron chi connectivity index (χ4n) is 4.42. The van der Waals surface area contributed by atoms with Crippen LogP contribution in [0.3, 0.4) is 0 Å². The van der Waals surface area contributed by atoms with Gasteiger partial charge in [0.1, 0.15) is 17.0 Å². The zero-order valence-electron chi connectivity index (χ0n) is 17.4. The minimum atomic E-state index is -1.35. The van der Waals surface area contributed by atoms with E-state index in [9.17, 15) is 14.7 Å². The van der Waals surface area contributed by atoms with Gasteiger partial charge in [0.2, 0.25) is 11.8 Å². The topological polar surface area (TPSA) is 109 Å². The number of rotatable bonds is 5. The van der Waals surface area contributed by atoms with Crippen LogP contribution in [0.4, 0.5) is 11.4 Å². The number of methoxy groups -OCH3 is 2. The van der Waals surface area contributed by atoms with E-state index in [0.717, 1.165) is 0 Å². The summed E-state index contributed by atoms with van der Waals surface area (Å²) in [5, 5.41) is 19.6. The van der Waals surface area contributed by atoms with Gasteiger partial charge in [-0.15, -0.1) is 0 Å². The number of aliphatic hydroxyl groups excluding tert-OH is 1. The van der Waals surface area contributed by atoms with Crippen LogP contribution in [-0.2, 0) is 15.1 Å². The van der Waals surface area contributed by atoms with Crippen molar-refractivity contribution < 1.29 is 24.2 Å². The maximum Gasteiger partial charge on any atom is 0.250 e. The summed E-state index contributed by atoms with van der Waals surface area (Å²) in [4.78, 5) is 26.7. The highest BCUT2D eigenvalue weighted by atomic mass is 35.5. The van der Waals surface area contributed by atoms with E-state index in [0.29, 0.717) is 33.5 Å². The minimum Gasteiger partial charge on any atom is -0.497 e. The number of carbonyl (C=O) groups excluding carboxylic acids is 2. The van der Waals surface area contributed by atoms with Crippen molar-refractivity contribution >= 4 is 34.8 Å². The third kappa shape index (κ3) is 3.50. The molecule has 0 aliphatic carbocycles. The summed E-state index contributed by atoms with van der Waals surface area (Å²) in [7, 11) is 3.03. The van der Waals surface area contributed by atoms with Gasteiger partial charge in [0.15, 0.2) is 0 Å². The summed E-state index contributed by atoms with van der Waals surface area (Å²) in [5.41, 5.74) is 0.251. The molecule has 1 saturated heterocycles. The zero-order valence-corrected chi connectivity index (χ0v) is 18.1. The normalized spacial score (nSPS) is 25.1. The molecule has 2 amide bonds. The van der Waals surface area contributed by atoms with Crippen LogP contribution in [0.1, 0.15) is 18.9 Å². The van der Waals surface area contributed by atoms with Crippen molar-refractivity contribution in [2.45, 2.75) is 31.0 Å². The first-order chi connectivity index (χ1) is 14.8. The standard InChI is InChI=1S/C22H24ClN3O5/c1-11(27)17-10-15(20(28)24-18-9-13(30-2)5-7-19(18)31-3)22(26-17)14-8-12(23)4-6-16(14)25-21(22)29/h4-9,11,15,17,26-27H,10H2,1-3H3,(H,24,28)(H,25,29)/t11-,15-,17+,22+/m1/s1. The molecule has 8 nitrogen and oxygen atoms in total. The lowest BCUT2D eigenvalue weighted by atomic mass is 9.79. The van der Waals surface area contributed by atoms with Gasteiger partial charge in [-0.25, -0.2) is 0 Å². The molecule has 164 valence electrons. The first-order valence-electron chi connectivity index (χ1n) is 9.90. The summed E-state index contributed by atoms with van der Waals surface area (Å²) in [5.74, 6) is -0.535. The Hall–Kier alpha value is -2.81. The lowest BCUT2D eigenvalue weighted by molar-refractivity contribution is -0.130. The van der Waals surface area contributed by atoms with Crippen molar-refractivity contribution in [3.8, 4) is 11.5 Å². The number of fused-ring (bicyclic) bond motifs is 2. The molecule has 0 aromatic heterocycles. The van der Waals surface area contributed by atoms with Gasteiger partial charge < -0.3 is 25.2 Å². The van der Waals surface area contributed by atoms with Crippen LogP contribution in [-0.4, -0.2) is 43.3 Å². The third-order valence-corrected chi connectivity index (χ3v) is 6.24. The molecule has 0 bridgehead atoms. The molecule has 1 spiro atoms. The molecule has 1 fully saturated rings. The quantitative estimate of drug-likeness (QED) is 0.563. The second-order valence-corrected chi connectivity index (χ2v) is 8.22. The van der Waals surface area contributed by atoms with E-state index >= 15 is 0 Å². The lowest BCUT2D eigenvalue weighted by Gasteiger charge is -2.29. The van der Waals surface area contributed by atoms with E-state index in [-0.39, 0.29) is 18.2 Å². The Morgan fingerprint density at radius 3 is 2.71 bits per heavy atom. The summed E-state index contributed by atoms with van der Waals surface area (Å²) < 4.78 is 10.6. The minimum absolute atomic E-state index is 0.259. The number of halogens is 1. The number of hydrogen-bond acceptors (Lipinski definition) is 6. The third-order valence-electron chi connectivity index (χ3n) is 6.00. The highest BCUT2D eigenvalue weighted by molar-refractivity contribution is 6.31. The van der Waals surface area contributed by atoms with E-state index in [1.165, 1.54) is 14.2 Å². The first kappa shape index (κ1) is 21.4. The van der Waals surface area contributed by atoms with Gasteiger partial charge in [0, 0.05) is 28.4 Å². The van der Waals surface area contributed by atoms with E-state index in [2.05, 4.69) is 16.0 Å². The average molecular weight is 446 g/mol. The van der Waals surface area contributed by atoms with Crippen LogP contribution in [0.15, 0.2) is 36.4 Å². The smallest absolute Gasteiger partial charge is 0.250 e. The zero-order chi connectivity index (χ0) is 22.3. The fourth-order valence-corrected chi connectivity index (χ4v) is 4.59. The van der Waals surface area contributed by atoms with Crippen LogP contribution in [0.2, 0.25) is 5.02 Å². The van der Waals surface area contributed by atoms with Crippen LogP contribution in [0.25, 0.3) is 0 Å². The van der Waals surface area contributed by atoms with Crippen LogP contribution >= 0.6 is 11.6 Å². The molecule has 9 heteroatoms. The maximum atomic E-state index is 13.5. The second kappa shape index (κ2) is 8.03. The van der Waals surface area contributed by atoms with Crippen molar-refractivity contribution in [3.05, 3.63) is 47.0 Å². The molecule has 2 heterocycles. The molecular formula is C22H24ClN3O5. The van der Waals surface area contributed by atoms with Gasteiger partial charge in [-0.3, -0.25) is 14.9 Å². The second-order valence-electron chi connectivity index (χ2n) is 7.79. The number of ether oxygens (including phenoxy) is 2. The molecule has 0 unspecified atom stereocenters. The molecule has 0 saturated carbocycles. The number of anilines is 2. The summed E-state index contributed by atoms with van der Waals surface area (Å²) in [6.07, 6.45) is -0.508. The predicted molar refractivity (Wildman–Crippen MR) is 117 cm³/mol. The van der Waals surface area contributed by atoms with Crippen molar-refractivity contribution in [2.24, 2.45) is 5.92 Å². The van der Waals surface area contributed by atoms with Crippen LogP contribution in [0, 0.1) is 5.92 Å². The molecule has 2 aromatic carbocycles. The number of benzene rings is 2. The van der Waals surface area contributed by atoms with Crippen molar-refractivity contribution in [2.75, 3.05) is 24.9 Å². The Morgan fingerprint density at radius 2 is 2.03 bits per heavy atom. The van der Waals surface area contributed by atoms with Crippen LogP contribution < -0.4 is 25.4 Å². The van der Waals surface area contributed by atoms with Gasteiger partial charge in [-0.2, -0.15) is 0 Å². The molecule has 4 atom stereocenters. The SMILES string of the molecule is COc1ccc(OC)c(NC(=O)[C@H]2C[C@@H]([C@@H](C)O)N[C@]23C(=O)Nc2ccc(Cl)cc23)c1. The van der Waals surface area contributed by atoms with Gasteiger partial charge in [0.05, 0.1) is 31.9 Å². The highest BCUT2D eigenvalue weighted by Gasteiger charge is 2.60. The van der Waals surface area contributed by atoms with Gasteiger partial charge in [-0.05, 0) is 43.7 Å². The molecule has 0 radical (unpaired) electrons. The first-order valence-corrected chi connectivity index (χ1v) is 10.3. The largest absolute Gasteiger partial charge is 0.497 e. The monoisotopic (exact) mass is 445 g/mol. The molecule has 2 aliphatic heterocycles. The Labute approximate surface area is 184 Å². The van der Waals surface area contributed by atoms with Crippen LogP contribution in [0.5, 0.6) is 11.5 Å². The fraction of sp³-hybridized carbons (Fsp3) is 0.364. The van der Waals surface area contributed by atoms with E-state index in [4.69, 9.17) is 21.1 Å². The predicted octanol–water partition coefficient (Wildman–Crippen LogP) is 2.50. The molecular weight excluding hydrogens is 422 g/mol. The van der Waals surface area contributed by atoms with Crippen molar-refractivity contribution in [1.82, 2.24) is 5.32 Å². The van der Waals surface area contributed by atoms with E-state index < -0.39 is 23.6 Å². The van der Waals surface area contributed by atoms with E-state index in [1.807, 2.05) is 0 Å². The summed E-state index contributed by atoms with van der Waals surface area (Å²) >= 11 is 6.21. The molecule has 2 aromatic rings. The Morgan fingerprint density at radius 1 is 1.26 bits per heavy atom.